The van der Waals surface area contributed by atoms with Crippen LogP contribution in [0.15, 0.2) is 64.3 Å². The first-order chi connectivity index (χ1) is 14.7. The Bertz CT molecular complexity index is 1160. The van der Waals surface area contributed by atoms with E-state index in [-0.39, 0.29) is 17.6 Å². The average molecular weight is 441 g/mol. The molecule has 4 aromatic rings. The predicted molar refractivity (Wildman–Crippen MR) is 115 cm³/mol. The van der Waals surface area contributed by atoms with Crippen molar-refractivity contribution in [2.45, 2.75) is 18.6 Å². The lowest BCUT2D eigenvalue weighted by Crippen LogP contribution is -2.15. The molecule has 152 valence electrons. The van der Waals surface area contributed by atoms with Crippen molar-refractivity contribution in [3.05, 3.63) is 59.6 Å². The van der Waals surface area contributed by atoms with Crippen LogP contribution in [-0.4, -0.2) is 36.6 Å². The van der Waals surface area contributed by atoms with Gasteiger partial charge in [0.05, 0.1) is 16.5 Å². The molecule has 0 atom stereocenters. The quantitative estimate of drug-likeness (QED) is 0.425. The summed E-state index contributed by atoms with van der Waals surface area (Å²) < 4.78 is 7.22. The van der Waals surface area contributed by atoms with Gasteiger partial charge in [-0.3, -0.25) is 9.36 Å². The summed E-state index contributed by atoms with van der Waals surface area (Å²) in [6.07, 6.45) is 0. The third-order valence-corrected chi connectivity index (χ3v) is 5.46. The van der Waals surface area contributed by atoms with Gasteiger partial charge in [-0.05, 0) is 19.1 Å². The molecule has 1 N–H and O–H groups in total. The number of aromatic nitrogens is 5. The number of carbonyl (C=O) groups excluding carboxylic acids is 1. The third kappa shape index (κ3) is 4.37. The maximum absolute atomic E-state index is 12.3. The van der Waals surface area contributed by atoms with Gasteiger partial charge in [-0.15, -0.1) is 10.2 Å². The van der Waals surface area contributed by atoms with Crippen molar-refractivity contribution < 1.29 is 9.32 Å². The fraction of sp³-hybridized carbons (Fsp3) is 0.150. The van der Waals surface area contributed by atoms with Gasteiger partial charge in [0, 0.05) is 12.1 Å². The standard InChI is InChI=1S/C20H17ClN6O2S/c1-2-27-18(19-23-17(26-29-19)13-8-4-3-5-9-13)24-25-20(27)30-12-16(28)22-15-11-7-6-10-14(15)21/h3-11H,2,12H2,1H3,(H,22,28). The van der Waals surface area contributed by atoms with Crippen LogP contribution in [0.2, 0.25) is 5.02 Å². The fourth-order valence-corrected chi connectivity index (χ4v) is 3.72. The monoisotopic (exact) mass is 440 g/mol. The SMILES string of the molecule is CCn1c(SCC(=O)Nc2ccccc2Cl)nnc1-c1nc(-c2ccccc2)no1. The van der Waals surface area contributed by atoms with Gasteiger partial charge < -0.3 is 9.84 Å². The Morgan fingerprint density at radius 1 is 1.13 bits per heavy atom. The molecular formula is C20H17ClN6O2S. The van der Waals surface area contributed by atoms with E-state index < -0.39 is 0 Å². The average Bonchev–Trinajstić information content (AvgIpc) is 3.41. The zero-order chi connectivity index (χ0) is 20.9. The van der Waals surface area contributed by atoms with E-state index in [1.807, 2.05) is 47.9 Å². The lowest BCUT2D eigenvalue weighted by Gasteiger charge is -2.07. The normalized spacial score (nSPS) is 10.9. The van der Waals surface area contributed by atoms with Gasteiger partial charge in [0.1, 0.15) is 0 Å². The molecular weight excluding hydrogens is 424 g/mol. The van der Waals surface area contributed by atoms with E-state index in [2.05, 4.69) is 25.7 Å². The van der Waals surface area contributed by atoms with Gasteiger partial charge in [0.25, 0.3) is 5.89 Å². The van der Waals surface area contributed by atoms with E-state index >= 15 is 0 Å². The summed E-state index contributed by atoms with van der Waals surface area (Å²) in [6.45, 7) is 2.54. The minimum absolute atomic E-state index is 0.155. The number of hydrogen-bond acceptors (Lipinski definition) is 7. The minimum atomic E-state index is -0.190. The second-order valence-electron chi connectivity index (χ2n) is 6.16. The predicted octanol–water partition coefficient (Wildman–Crippen LogP) is 4.40. The highest BCUT2D eigenvalue weighted by Gasteiger charge is 2.20. The van der Waals surface area contributed by atoms with Gasteiger partial charge >= 0.3 is 0 Å². The van der Waals surface area contributed by atoms with Crippen LogP contribution >= 0.6 is 23.4 Å². The van der Waals surface area contributed by atoms with Crippen LogP contribution in [0.3, 0.4) is 0 Å². The number of carbonyl (C=O) groups is 1. The minimum Gasteiger partial charge on any atom is -0.330 e. The Balaban J connectivity index is 1.47. The number of anilines is 1. The Labute approximate surface area is 181 Å². The summed E-state index contributed by atoms with van der Waals surface area (Å²) in [4.78, 5) is 16.7. The van der Waals surface area contributed by atoms with Crippen molar-refractivity contribution in [2.75, 3.05) is 11.1 Å². The molecule has 0 bridgehead atoms. The van der Waals surface area contributed by atoms with Gasteiger partial charge in [0.15, 0.2) is 5.16 Å². The molecule has 0 fully saturated rings. The van der Waals surface area contributed by atoms with Crippen LogP contribution < -0.4 is 5.32 Å². The highest BCUT2D eigenvalue weighted by Crippen LogP contribution is 2.26. The molecule has 10 heteroatoms. The number of hydrogen-bond donors (Lipinski definition) is 1. The lowest BCUT2D eigenvalue weighted by molar-refractivity contribution is -0.113. The molecule has 30 heavy (non-hydrogen) atoms. The number of halogens is 1. The first-order valence-corrected chi connectivity index (χ1v) is 10.5. The summed E-state index contributed by atoms with van der Waals surface area (Å²) in [5.41, 5.74) is 1.42. The van der Waals surface area contributed by atoms with Crippen LogP contribution in [0.4, 0.5) is 5.69 Å². The van der Waals surface area contributed by atoms with Gasteiger partial charge in [-0.1, -0.05) is 71.0 Å². The molecule has 0 spiro atoms. The van der Waals surface area contributed by atoms with Crippen LogP contribution in [0.5, 0.6) is 0 Å². The second kappa shape index (κ2) is 9.10. The van der Waals surface area contributed by atoms with Gasteiger partial charge in [-0.25, -0.2) is 0 Å². The first-order valence-electron chi connectivity index (χ1n) is 9.15. The van der Waals surface area contributed by atoms with E-state index in [9.17, 15) is 4.79 Å². The van der Waals surface area contributed by atoms with Crippen LogP contribution in [0.1, 0.15) is 6.92 Å². The molecule has 2 heterocycles. The van der Waals surface area contributed by atoms with Crippen molar-refractivity contribution in [1.29, 1.82) is 0 Å². The summed E-state index contributed by atoms with van der Waals surface area (Å²) in [5, 5.41) is 16.3. The van der Waals surface area contributed by atoms with Crippen molar-refractivity contribution in [3.63, 3.8) is 0 Å². The summed E-state index contributed by atoms with van der Waals surface area (Å²) in [6, 6.07) is 16.6. The zero-order valence-corrected chi connectivity index (χ0v) is 17.5. The number of rotatable bonds is 7. The third-order valence-electron chi connectivity index (χ3n) is 4.16. The molecule has 4 rings (SSSR count). The number of nitrogens with one attached hydrogen (secondary N) is 1. The lowest BCUT2D eigenvalue weighted by atomic mass is 10.2. The zero-order valence-electron chi connectivity index (χ0n) is 15.9. The Hall–Kier alpha value is -3.17. The van der Waals surface area contributed by atoms with E-state index in [0.29, 0.717) is 34.1 Å². The van der Waals surface area contributed by atoms with Crippen molar-refractivity contribution in [1.82, 2.24) is 24.9 Å². The molecule has 0 saturated heterocycles. The molecule has 0 aliphatic rings. The van der Waals surface area contributed by atoms with Gasteiger partial charge in [-0.2, -0.15) is 4.98 Å². The number of nitrogens with zero attached hydrogens (tertiary/aromatic N) is 5. The fourth-order valence-electron chi connectivity index (χ4n) is 2.74. The van der Waals surface area contributed by atoms with Crippen molar-refractivity contribution in [2.24, 2.45) is 0 Å². The molecule has 0 aliphatic carbocycles. The maximum atomic E-state index is 12.3. The molecule has 0 unspecified atom stereocenters. The Kier molecular flexibility index (Phi) is 6.10. The van der Waals surface area contributed by atoms with Crippen LogP contribution in [0.25, 0.3) is 23.1 Å². The number of thioether (sulfide) groups is 1. The summed E-state index contributed by atoms with van der Waals surface area (Å²) >= 11 is 7.35. The smallest absolute Gasteiger partial charge is 0.296 e. The van der Waals surface area contributed by atoms with Crippen LogP contribution in [0, 0.1) is 0 Å². The molecule has 0 saturated carbocycles. The number of benzene rings is 2. The maximum Gasteiger partial charge on any atom is 0.296 e. The van der Waals surface area contributed by atoms with Gasteiger partial charge in [0.2, 0.25) is 17.6 Å². The summed E-state index contributed by atoms with van der Waals surface area (Å²) in [5.74, 6) is 1.17. The first kappa shape index (κ1) is 20.1. The van der Waals surface area contributed by atoms with E-state index in [1.54, 1.807) is 18.2 Å². The van der Waals surface area contributed by atoms with E-state index in [0.717, 1.165) is 5.56 Å². The number of para-hydroxylation sites is 1. The molecule has 0 radical (unpaired) electrons. The molecule has 2 aromatic heterocycles. The van der Waals surface area contributed by atoms with E-state index in [4.69, 9.17) is 16.1 Å². The highest BCUT2D eigenvalue weighted by molar-refractivity contribution is 7.99. The van der Waals surface area contributed by atoms with Crippen LogP contribution in [-0.2, 0) is 11.3 Å². The summed E-state index contributed by atoms with van der Waals surface area (Å²) in [7, 11) is 0. The molecule has 0 aliphatic heterocycles. The topological polar surface area (TPSA) is 98.7 Å². The number of amides is 1. The van der Waals surface area contributed by atoms with E-state index in [1.165, 1.54) is 11.8 Å². The van der Waals surface area contributed by atoms with Crippen molar-refractivity contribution >= 4 is 35.0 Å². The largest absolute Gasteiger partial charge is 0.330 e. The van der Waals surface area contributed by atoms with Crippen molar-refractivity contribution in [3.8, 4) is 23.1 Å². The second-order valence-corrected chi connectivity index (χ2v) is 7.51. The molecule has 2 aromatic carbocycles. The highest BCUT2D eigenvalue weighted by atomic mass is 35.5. The Morgan fingerprint density at radius 3 is 2.67 bits per heavy atom. The molecule has 1 amide bonds. The Morgan fingerprint density at radius 2 is 1.90 bits per heavy atom. The molecule has 8 nitrogen and oxygen atoms in total.